The molecule has 1 aliphatic carbocycles. The molecule has 2 atom stereocenters. The minimum atomic E-state index is 0.172. The Bertz CT molecular complexity index is 672. The number of methoxy groups -OCH3 is 2. The van der Waals surface area contributed by atoms with Gasteiger partial charge in [-0.25, -0.2) is 0 Å². The van der Waals surface area contributed by atoms with E-state index in [-0.39, 0.29) is 4.83 Å². The molecule has 2 nitrogen and oxygen atoms in total. The molecule has 0 spiro atoms. The number of benzene rings is 2. The lowest BCUT2D eigenvalue weighted by atomic mass is 9.74. The second-order valence-corrected chi connectivity index (χ2v) is 6.48. The maximum atomic E-state index is 6.35. The van der Waals surface area contributed by atoms with Gasteiger partial charge < -0.3 is 9.47 Å². The van der Waals surface area contributed by atoms with Gasteiger partial charge in [0.15, 0.2) is 0 Å². The van der Waals surface area contributed by atoms with Crippen molar-refractivity contribution >= 4 is 27.5 Å². The lowest BCUT2D eigenvalue weighted by Crippen LogP contribution is -2.21. The molecule has 4 heteroatoms. The van der Waals surface area contributed by atoms with Crippen molar-refractivity contribution in [2.45, 2.75) is 17.2 Å². The number of halogens is 2. The van der Waals surface area contributed by atoms with Crippen LogP contribution in [0.1, 0.15) is 27.4 Å². The van der Waals surface area contributed by atoms with Gasteiger partial charge in [0.05, 0.1) is 19.0 Å². The molecule has 2 aromatic rings. The van der Waals surface area contributed by atoms with Crippen LogP contribution in [0.15, 0.2) is 36.4 Å². The zero-order valence-corrected chi connectivity index (χ0v) is 14.2. The van der Waals surface area contributed by atoms with Crippen molar-refractivity contribution in [1.82, 2.24) is 0 Å². The van der Waals surface area contributed by atoms with Gasteiger partial charge in [-0.05, 0) is 23.6 Å². The Balaban J connectivity index is 1.96. The highest BCUT2D eigenvalue weighted by Gasteiger charge is 2.34. The van der Waals surface area contributed by atoms with Gasteiger partial charge in [0.25, 0.3) is 0 Å². The normalized spacial score (nSPS) is 17.6. The molecule has 0 saturated heterocycles. The van der Waals surface area contributed by atoms with E-state index in [2.05, 4.69) is 40.2 Å². The molecule has 2 unspecified atom stereocenters. The minimum absolute atomic E-state index is 0.172. The van der Waals surface area contributed by atoms with Gasteiger partial charge in [-0.3, -0.25) is 0 Å². The Hall–Kier alpha value is -1.19. The van der Waals surface area contributed by atoms with Crippen LogP contribution in [0.3, 0.4) is 0 Å². The van der Waals surface area contributed by atoms with Crippen molar-refractivity contribution in [3.8, 4) is 11.5 Å². The summed E-state index contributed by atoms with van der Waals surface area (Å²) in [4.78, 5) is 0.172. The summed E-state index contributed by atoms with van der Waals surface area (Å²) in [6, 6.07) is 12.5. The summed E-state index contributed by atoms with van der Waals surface area (Å²) in [6.45, 7) is 0. The molecule has 0 N–H and O–H groups in total. The average Bonchev–Trinajstić information content (AvgIpc) is 2.48. The maximum absolute atomic E-state index is 6.35. The summed E-state index contributed by atoms with van der Waals surface area (Å²) >= 11 is 10.2. The van der Waals surface area contributed by atoms with E-state index in [4.69, 9.17) is 21.1 Å². The van der Waals surface area contributed by atoms with Gasteiger partial charge in [0.2, 0.25) is 0 Å². The molecular formula is C17H16BrClO2. The van der Waals surface area contributed by atoms with Crippen LogP contribution in [0.5, 0.6) is 11.5 Å². The molecule has 3 rings (SSSR count). The third-order valence-electron chi connectivity index (χ3n) is 4.06. The summed E-state index contributed by atoms with van der Waals surface area (Å²) in [7, 11) is 3.24. The number of alkyl halides is 1. The highest BCUT2D eigenvalue weighted by molar-refractivity contribution is 9.09. The number of hydrogen-bond donors (Lipinski definition) is 0. The fraction of sp³-hybridized carbons (Fsp3) is 0.294. The molecule has 21 heavy (non-hydrogen) atoms. The van der Waals surface area contributed by atoms with Crippen LogP contribution in [-0.2, 0) is 6.42 Å². The van der Waals surface area contributed by atoms with E-state index in [1.807, 2.05) is 12.1 Å². The third kappa shape index (κ3) is 2.43. The van der Waals surface area contributed by atoms with Crippen LogP contribution in [-0.4, -0.2) is 14.2 Å². The van der Waals surface area contributed by atoms with E-state index in [9.17, 15) is 0 Å². The zero-order chi connectivity index (χ0) is 15.0. The Kier molecular flexibility index (Phi) is 4.14. The molecule has 0 radical (unpaired) electrons. The Morgan fingerprint density at radius 2 is 1.90 bits per heavy atom. The molecule has 0 heterocycles. The van der Waals surface area contributed by atoms with E-state index in [1.165, 1.54) is 11.1 Å². The van der Waals surface area contributed by atoms with Crippen LogP contribution < -0.4 is 9.47 Å². The van der Waals surface area contributed by atoms with Crippen LogP contribution in [0, 0.1) is 0 Å². The molecular weight excluding hydrogens is 352 g/mol. The number of fused-ring (bicyclic) bond motifs is 1. The minimum Gasteiger partial charge on any atom is -0.495 e. The zero-order valence-electron chi connectivity index (χ0n) is 11.9. The summed E-state index contributed by atoms with van der Waals surface area (Å²) in [5, 5.41) is 0.523. The first-order valence-corrected chi connectivity index (χ1v) is 8.09. The highest BCUT2D eigenvalue weighted by atomic mass is 79.9. The summed E-state index contributed by atoms with van der Waals surface area (Å²) in [6.07, 6.45) is 1.07. The van der Waals surface area contributed by atoms with E-state index in [1.54, 1.807) is 14.2 Å². The molecule has 0 amide bonds. The molecule has 1 aliphatic rings. The van der Waals surface area contributed by atoms with Crippen LogP contribution in [0.2, 0.25) is 5.02 Å². The first kappa shape index (κ1) is 14.7. The van der Waals surface area contributed by atoms with Crippen molar-refractivity contribution in [3.05, 3.63) is 58.1 Å². The molecule has 0 bridgehead atoms. The molecule has 2 aromatic carbocycles. The molecule has 0 saturated carbocycles. The first-order valence-electron chi connectivity index (χ1n) is 6.79. The number of hydrogen-bond acceptors (Lipinski definition) is 2. The smallest absolute Gasteiger partial charge is 0.145 e. The summed E-state index contributed by atoms with van der Waals surface area (Å²) in [5.74, 6) is 1.76. The predicted molar refractivity (Wildman–Crippen MR) is 89.1 cm³/mol. The van der Waals surface area contributed by atoms with Gasteiger partial charge in [-0.1, -0.05) is 57.9 Å². The van der Waals surface area contributed by atoms with Gasteiger partial charge in [0.1, 0.15) is 16.5 Å². The van der Waals surface area contributed by atoms with Gasteiger partial charge >= 0.3 is 0 Å². The first-order chi connectivity index (χ1) is 10.2. The van der Waals surface area contributed by atoms with Gasteiger partial charge in [-0.2, -0.15) is 0 Å². The average molecular weight is 368 g/mol. The SMILES string of the molecule is COc1ccc(C(Br)C2Cc3ccccc32)c(OC)c1Cl. The van der Waals surface area contributed by atoms with Crippen molar-refractivity contribution in [1.29, 1.82) is 0 Å². The van der Waals surface area contributed by atoms with Crippen molar-refractivity contribution in [2.24, 2.45) is 0 Å². The molecule has 0 aliphatic heterocycles. The number of ether oxygens (including phenoxy) is 2. The highest BCUT2D eigenvalue weighted by Crippen LogP contribution is 2.51. The van der Waals surface area contributed by atoms with Crippen molar-refractivity contribution in [2.75, 3.05) is 14.2 Å². The lowest BCUT2D eigenvalue weighted by Gasteiger charge is -2.34. The fourth-order valence-corrected chi connectivity index (χ4v) is 4.07. The van der Waals surface area contributed by atoms with E-state index in [0.717, 1.165) is 12.0 Å². The topological polar surface area (TPSA) is 18.5 Å². The third-order valence-corrected chi connectivity index (χ3v) is 5.55. The Morgan fingerprint density at radius 1 is 1.14 bits per heavy atom. The van der Waals surface area contributed by atoms with E-state index >= 15 is 0 Å². The van der Waals surface area contributed by atoms with Gasteiger partial charge in [-0.15, -0.1) is 0 Å². The maximum Gasteiger partial charge on any atom is 0.145 e. The van der Waals surface area contributed by atoms with E-state index in [0.29, 0.717) is 22.4 Å². The van der Waals surface area contributed by atoms with Crippen molar-refractivity contribution < 1.29 is 9.47 Å². The summed E-state index contributed by atoms with van der Waals surface area (Å²) in [5.41, 5.74) is 3.88. The fourth-order valence-electron chi connectivity index (χ4n) is 2.91. The number of rotatable bonds is 4. The van der Waals surface area contributed by atoms with Crippen molar-refractivity contribution in [3.63, 3.8) is 0 Å². The molecule has 0 aromatic heterocycles. The Labute approximate surface area is 138 Å². The Morgan fingerprint density at radius 3 is 2.57 bits per heavy atom. The van der Waals surface area contributed by atoms with Crippen LogP contribution in [0.4, 0.5) is 0 Å². The largest absolute Gasteiger partial charge is 0.495 e. The second kappa shape index (κ2) is 5.90. The second-order valence-electron chi connectivity index (χ2n) is 5.12. The standard InChI is InChI=1S/C17H16BrClO2/c1-20-14-8-7-12(17(21-2)16(14)19)15(18)13-9-10-5-3-4-6-11(10)13/h3-8,13,15H,9H2,1-2H3. The predicted octanol–water partition coefficient (Wildman–Crippen LogP) is 5.13. The van der Waals surface area contributed by atoms with Gasteiger partial charge in [0, 0.05) is 11.5 Å². The molecule has 0 fully saturated rings. The molecule has 110 valence electrons. The van der Waals surface area contributed by atoms with E-state index < -0.39 is 0 Å². The van der Waals surface area contributed by atoms with Crippen LogP contribution >= 0.6 is 27.5 Å². The summed E-state index contributed by atoms with van der Waals surface area (Å²) < 4.78 is 10.8. The lowest BCUT2D eigenvalue weighted by molar-refractivity contribution is 0.389. The quantitative estimate of drug-likeness (QED) is 0.697. The van der Waals surface area contributed by atoms with Crippen LogP contribution in [0.25, 0.3) is 0 Å². The monoisotopic (exact) mass is 366 g/mol.